The molecule has 0 rings (SSSR count). The summed E-state index contributed by atoms with van der Waals surface area (Å²) in [5.41, 5.74) is 0. The standard InChI is InChI=1S/C54H104O6/c1-6-7-8-9-10-11-12-13-19-24-29-34-39-44-52(55)58-47-51(48-59-53(56)45-40-35-30-25-21-16-18-23-28-33-38-43-50(4)5)60-54(57)46-41-36-31-26-20-15-14-17-22-27-32-37-42-49(2)3/h49-51H,6-48H2,1-5H3/t51-/m1/s1. The predicted molar refractivity (Wildman–Crippen MR) is 256 cm³/mol. The van der Waals surface area contributed by atoms with E-state index in [0.717, 1.165) is 69.6 Å². The molecule has 0 radical (unpaired) electrons. The largest absolute Gasteiger partial charge is 0.462 e. The first-order valence-corrected chi connectivity index (χ1v) is 26.7. The molecule has 6 nitrogen and oxygen atoms in total. The highest BCUT2D eigenvalue weighted by Gasteiger charge is 2.19. The first-order chi connectivity index (χ1) is 29.2. The van der Waals surface area contributed by atoms with E-state index in [0.29, 0.717) is 19.3 Å². The number of rotatable bonds is 48. The van der Waals surface area contributed by atoms with E-state index in [1.54, 1.807) is 0 Å². The van der Waals surface area contributed by atoms with Crippen molar-refractivity contribution < 1.29 is 28.6 Å². The first-order valence-electron chi connectivity index (χ1n) is 26.7. The van der Waals surface area contributed by atoms with Crippen molar-refractivity contribution in [2.45, 2.75) is 304 Å². The Labute approximate surface area is 374 Å². The third kappa shape index (κ3) is 47.5. The topological polar surface area (TPSA) is 78.9 Å². The predicted octanol–water partition coefficient (Wildman–Crippen LogP) is 17.3. The minimum Gasteiger partial charge on any atom is -0.462 e. The average molecular weight is 849 g/mol. The van der Waals surface area contributed by atoms with Gasteiger partial charge in [0.25, 0.3) is 0 Å². The fraction of sp³-hybridized carbons (Fsp3) is 0.944. The molecule has 0 bridgehead atoms. The molecule has 0 saturated carbocycles. The smallest absolute Gasteiger partial charge is 0.306 e. The molecule has 0 aliphatic heterocycles. The van der Waals surface area contributed by atoms with Crippen LogP contribution in [0, 0.1) is 11.8 Å². The molecule has 0 aromatic rings. The van der Waals surface area contributed by atoms with Crippen LogP contribution in [-0.2, 0) is 28.6 Å². The fourth-order valence-corrected chi connectivity index (χ4v) is 8.17. The number of hydrogen-bond donors (Lipinski definition) is 0. The summed E-state index contributed by atoms with van der Waals surface area (Å²) >= 11 is 0. The van der Waals surface area contributed by atoms with E-state index in [1.807, 2.05) is 0 Å². The molecule has 0 spiro atoms. The molecule has 356 valence electrons. The second kappa shape index (κ2) is 46.9. The van der Waals surface area contributed by atoms with Crippen LogP contribution in [0.5, 0.6) is 0 Å². The molecule has 0 aliphatic rings. The molecule has 0 aromatic carbocycles. The summed E-state index contributed by atoms with van der Waals surface area (Å²) in [7, 11) is 0. The molecule has 0 unspecified atom stereocenters. The van der Waals surface area contributed by atoms with Crippen molar-refractivity contribution in [3.63, 3.8) is 0 Å². The number of ether oxygens (including phenoxy) is 3. The van der Waals surface area contributed by atoms with Gasteiger partial charge in [-0.1, -0.05) is 259 Å². The van der Waals surface area contributed by atoms with E-state index in [9.17, 15) is 14.4 Å². The zero-order valence-electron chi connectivity index (χ0n) is 41.1. The quantitative estimate of drug-likeness (QED) is 0.0345. The van der Waals surface area contributed by atoms with Crippen molar-refractivity contribution in [3.8, 4) is 0 Å². The Kier molecular flexibility index (Phi) is 45.7. The van der Waals surface area contributed by atoms with Gasteiger partial charge >= 0.3 is 17.9 Å². The highest BCUT2D eigenvalue weighted by Crippen LogP contribution is 2.17. The van der Waals surface area contributed by atoms with Gasteiger partial charge in [0.05, 0.1) is 0 Å². The van der Waals surface area contributed by atoms with Crippen LogP contribution in [0.2, 0.25) is 0 Å². The molecule has 6 heteroatoms. The maximum Gasteiger partial charge on any atom is 0.306 e. The lowest BCUT2D eigenvalue weighted by molar-refractivity contribution is -0.167. The van der Waals surface area contributed by atoms with E-state index >= 15 is 0 Å². The lowest BCUT2D eigenvalue weighted by atomic mass is 10.0. The fourth-order valence-electron chi connectivity index (χ4n) is 8.17. The van der Waals surface area contributed by atoms with Crippen molar-refractivity contribution in [2.24, 2.45) is 11.8 Å². The van der Waals surface area contributed by atoms with Crippen LogP contribution in [0.25, 0.3) is 0 Å². The molecule has 60 heavy (non-hydrogen) atoms. The van der Waals surface area contributed by atoms with Crippen molar-refractivity contribution in [3.05, 3.63) is 0 Å². The molecule has 1 atom stereocenters. The minimum atomic E-state index is -0.762. The zero-order valence-corrected chi connectivity index (χ0v) is 41.1. The maximum atomic E-state index is 12.8. The molecular weight excluding hydrogens is 745 g/mol. The number of unbranched alkanes of at least 4 members (excludes halogenated alkanes) is 33. The zero-order chi connectivity index (χ0) is 44.0. The van der Waals surface area contributed by atoms with Crippen LogP contribution in [-0.4, -0.2) is 37.2 Å². The second-order valence-electron chi connectivity index (χ2n) is 19.5. The van der Waals surface area contributed by atoms with Gasteiger partial charge in [-0.05, 0) is 31.1 Å². The van der Waals surface area contributed by atoms with Crippen molar-refractivity contribution in [1.82, 2.24) is 0 Å². The molecule has 0 aliphatic carbocycles. The summed E-state index contributed by atoms with van der Waals surface area (Å²) in [4.78, 5) is 38.0. The first kappa shape index (κ1) is 58.4. The second-order valence-corrected chi connectivity index (χ2v) is 19.5. The van der Waals surface area contributed by atoms with Crippen LogP contribution in [0.15, 0.2) is 0 Å². The number of carbonyl (C=O) groups is 3. The summed E-state index contributed by atoms with van der Waals surface area (Å²) in [5.74, 6) is 0.814. The van der Waals surface area contributed by atoms with Crippen LogP contribution in [0.1, 0.15) is 298 Å². The van der Waals surface area contributed by atoms with Gasteiger partial charge in [-0.3, -0.25) is 14.4 Å². The van der Waals surface area contributed by atoms with Gasteiger partial charge in [0.15, 0.2) is 6.10 Å². The number of esters is 3. The summed E-state index contributed by atoms with van der Waals surface area (Å²) in [6, 6.07) is 0. The lowest BCUT2D eigenvalue weighted by Crippen LogP contribution is -2.30. The van der Waals surface area contributed by atoms with Gasteiger partial charge < -0.3 is 14.2 Å². The van der Waals surface area contributed by atoms with E-state index in [-0.39, 0.29) is 31.1 Å². The molecule has 0 aromatic heterocycles. The van der Waals surface area contributed by atoms with Gasteiger partial charge in [0.2, 0.25) is 0 Å². The summed E-state index contributed by atoms with van der Waals surface area (Å²) in [6.07, 6.45) is 48.0. The Morgan fingerprint density at radius 3 is 0.817 bits per heavy atom. The SMILES string of the molecule is CCCCCCCCCCCCCCCC(=O)OC[C@H](COC(=O)CCCCCCCCCCCCCC(C)C)OC(=O)CCCCCCCCCCCCCCC(C)C. The monoisotopic (exact) mass is 849 g/mol. The van der Waals surface area contributed by atoms with Crippen molar-refractivity contribution in [1.29, 1.82) is 0 Å². The molecule has 0 saturated heterocycles. The third-order valence-corrected chi connectivity index (χ3v) is 12.2. The van der Waals surface area contributed by atoms with Gasteiger partial charge in [-0.25, -0.2) is 0 Å². The molecule has 0 fully saturated rings. The van der Waals surface area contributed by atoms with Crippen molar-refractivity contribution >= 4 is 17.9 Å². The Balaban J connectivity index is 4.32. The Morgan fingerprint density at radius 2 is 0.550 bits per heavy atom. The van der Waals surface area contributed by atoms with E-state index in [2.05, 4.69) is 34.6 Å². The molecule has 0 N–H and O–H groups in total. The van der Waals surface area contributed by atoms with Crippen LogP contribution < -0.4 is 0 Å². The van der Waals surface area contributed by atoms with Crippen LogP contribution in [0.4, 0.5) is 0 Å². The average Bonchev–Trinajstić information content (AvgIpc) is 3.22. The van der Waals surface area contributed by atoms with E-state index in [1.165, 1.54) is 186 Å². The summed E-state index contributed by atoms with van der Waals surface area (Å²) < 4.78 is 16.8. The molecule has 0 amide bonds. The van der Waals surface area contributed by atoms with Gasteiger partial charge in [-0.2, -0.15) is 0 Å². The third-order valence-electron chi connectivity index (χ3n) is 12.2. The maximum absolute atomic E-state index is 12.8. The Hall–Kier alpha value is -1.59. The van der Waals surface area contributed by atoms with E-state index in [4.69, 9.17) is 14.2 Å². The van der Waals surface area contributed by atoms with Crippen LogP contribution >= 0.6 is 0 Å². The molecule has 0 heterocycles. The lowest BCUT2D eigenvalue weighted by Gasteiger charge is -2.18. The van der Waals surface area contributed by atoms with Gasteiger partial charge in [-0.15, -0.1) is 0 Å². The highest BCUT2D eigenvalue weighted by molar-refractivity contribution is 5.71. The summed E-state index contributed by atoms with van der Waals surface area (Å²) in [5, 5.41) is 0. The Bertz CT molecular complexity index is 916. The minimum absolute atomic E-state index is 0.0633. The van der Waals surface area contributed by atoms with Gasteiger partial charge in [0.1, 0.15) is 13.2 Å². The van der Waals surface area contributed by atoms with Gasteiger partial charge in [0, 0.05) is 19.3 Å². The molecular formula is C54H104O6. The summed E-state index contributed by atoms with van der Waals surface area (Å²) in [6.45, 7) is 11.4. The number of carbonyl (C=O) groups excluding carboxylic acids is 3. The Morgan fingerprint density at radius 1 is 0.317 bits per heavy atom. The van der Waals surface area contributed by atoms with Crippen molar-refractivity contribution in [2.75, 3.05) is 13.2 Å². The van der Waals surface area contributed by atoms with Crippen LogP contribution in [0.3, 0.4) is 0 Å². The highest BCUT2D eigenvalue weighted by atomic mass is 16.6. The normalized spacial score (nSPS) is 12.1. The van der Waals surface area contributed by atoms with E-state index < -0.39 is 6.10 Å². The number of hydrogen-bond acceptors (Lipinski definition) is 6.